The van der Waals surface area contributed by atoms with E-state index in [1.54, 1.807) is 0 Å². The number of para-hydroxylation sites is 1. The molecule has 0 aliphatic heterocycles. The molecule has 4 heteroatoms. The maximum Gasteiger partial charge on any atom is 0.261 e. The first kappa shape index (κ1) is 17.3. The van der Waals surface area contributed by atoms with Crippen LogP contribution in [0.4, 0.5) is 0 Å². The second-order valence-electron chi connectivity index (χ2n) is 7.54. The van der Waals surface area contributed by atoms with Crippen LogP contribution in [-0.2, 0) is 0 Å². The lowest BCUT2D eigenvalue weighted by Crippen LogP contribution is -2.30. The van der Waals surface area contributed by atoms with E-state index in [0.717, 1.165) is 35.9 Å². The van der Waals surface area contributed by atoms with E-state index < -0.39 is 0 Å². The summed E-state index contributed by atoms with van der Waals surface area (Å²) in [5.41, 5.74) is 2.70. The van der Waals surface area contributed by atoms with Gasteiger partial charge in [0.2, 0.25) is 0 Å². The third kappa shape index (κ3) is 3.05. The molecule has 1 heterocycles. The Balaban J connectivity index is 2.00. The molecule has 4 rings (SSSR count). The molecule has 2 atom stereocenters. The quantitative estimate of drug-likeness (QED) is 0.576. The number of hydrogen-bond acceptors (Lipinski definition) is 2. The van der Waals surface area contributed by atoms with Gasteiger partial charge in [0.05, 0.1) is 15.9 Å². The highest BCUT2D eigenvalue weighted by molar-refractivity contribution is 6.33. The summed E-state index contributed by atoms with van der Waals surface area (Å²) in [5.74, 6) is 1.31. The molecular weight excluding hydrogens is 344 g/mol. The Bertz CT molecular complexity index is 1020. The van der Waals surface area contributed by atoms with Crippen LogP contribution in [0.25, 0.3) is 22.3 Å². The van der Waals surface area contributed by atoms with Gasteiger partial charge in [0, 0.05) is 11.6 Å². The van der Waals surface area contributed by atoms with Gasteiger partial charge in [0.1, 0.15) is 5.82 Å². The zero-order chi connectivity index (χ0) is 18.3. The van der Waals surface area contributed by atoms with E-state index >= 15 is 0 Å². The van der Waals surface area contributed by atoms with E-state index in [1.165, 1.54) is 6.42 Å². The zero-order valence-electron chi connectivity index (χ0n) is 15.2. The topological polar surface area (TPSA) is 34.9 Å². The number of benzene rings is 2. The van der Waals surface area contributed by atoms with Gasteiger partial charge < -0.3 is 0 Å². The summed E-state index contributed by atoms with van der Waals surface area (Å²) >= 11 is 6.55. The minimum absolute atomic E-state index is 0.0429. The number of hydrogen-bond donors (Lipinski definition) is 0. The van der Waals surface area contributed by atoms with Crippen LogP contribution in [0.15, 0.2) is 47.3 Å². The van der Waals surface area contributed by atoms with Crippen LogP contribution in [0.5, 0.6) is 0 Å². The molecule has 1 aromatic heterocycles. The average molecular weight is 367 g/mol. The van der Waals surface area contributed by atoms with E-state index in [-0.39, 0.29) is 11.6 Å². The molecule has 0 saturated heterocycles. The first-order valence-corrected chi connectivity index (χ1v) is 9.70. The lowest BCUT2D eigenvalue weighted by atomic mass is 9.86. The lowest BCUT2D eigenvalue weighted by molar-refractivity contribution is 0.279. The first-order chi connectivity index (χ1) is 12.5. The smallest absolute Gasteiger partial charge is 0.261 e. The zero-order valence-corrected chi connectivity index (χ0v) is 16.0. The Morgan fingerprint density at radius 3 is 2.73 bits per heavy atom. The van der Waals surface area contributed by atoms with Crippen LogP contribution in [0.3, 0.4) is 0 Å². The maximum atomic E-state index is 13.4. The van der Waals surface area contributed by atoms with E-state index in [9.17, 15) is 4.79 Å². The summed E-state index contributed by atoms with van der Waals surface area (Å²) in [4.78, 5) is 18.3. The van der Waals surface area contributed by atoms with E-state index in [0.29, 0.717) is 22.2 Å². The SMILES string of the molecule is Cc1ccc(-c2nc3ccccc3c(=O)n2C2CCCC(C)C2)c(Cl)c1. The normalized spacial score (nSPS) is 20.4. The van der Waals surface area contributed by atoms with E-state index in [4.69, 9.17) is 16.6 Å². The Labute approximate surface area is 158 Å². The van der Waals surface area contributed by atoms with Crippen molar-refractivity contribution in [3.8, 4) is 11.4 Å². The van der Waals surface area contributed by atoms with Crippen molar-refractivity contribution >= 4 is 22.5 Å². The van der Waals surface area contributed by atoms with Crippen molar-refractivity contribution in [2.24, 2.45) is 5.92 Å². The molecule has 0 amide bonds. The van der Waals surface area contributed by atoms with E-state index in [1.807, 2.05) is 54.0 Å². The molecule has 0 bridgehead atoms. The van der Waals surface area contributed by atoms with Crippen molar-refractivity contribution in [3.05, 3.63) is 63.4 Å². The molecule has 3 aromatic rings. The second kappa shape index (κ2) is 6.88. The number of aromatic nitrogens is 2. The van der Waals surface area contributed by atoms with Crippen LogP contribution in [-0.4, -0.2) is 9.55 Å². The van der Waals surface area contributed by atoms with Gasteiger partial charge in [-0.3, -0.25) is 9.36 Å². The van der Waals surface area contributed by atoms with Gasteiger partial charge in [-0.15, -0.1) is 0 Å². The molecule has 0 N–H and O–H groups in total. The summed E-state index contributed by atoms with van der Waals surface area (Å²) < 4.78 is 1.91. The molecule has 1 fully saturated rings. The standard InChI is InChI=1S/C22H23ClN2O/c1-14-6-5-7-16(12-14)25-21(17-11-10-15(2)13-19(17)23)24-20-9-4-3-8-18(20)22(25)26/h3-4,8-11,13-14,16H,5-7,12H2,1-2H3. The fourth-order valence-corrected chi connectivity index (χ4v) is 4.43. The van der Waals surface area contributed by atoms with Crippen molar-refractivity contribution in [2.45, 2.75) is 45.6 Å². The van der Waals surface area contributed by atoms with E-state index in [2.05, 4.69) is 6.92 Å². The highest BCUT2D eigenvalue weighted by atomic mass is 35.5. The Kier molecular flexibility index (Phi) is 4.58. The van der Waals surface area contributed by atoms with Crippen molar-refractivity contribution in [3.63, 3.8) is 0 Å². The minimum atomic E-state index is 0.0429. The molecular formula is C22H23ClN2O. The molecule has 1 saturated carbocycles. The Morgan fingerprint density at radius 1 is 1.15 bits per heavy atom. The molecule has 1 aliphatic rings. The highest BCUT2D eigenvalue weighted by Crippen LogP contribution is 2.36. The fourth-order valence-electron chi connectivity index (χ4n) is 4.11. The van der Waals surface area contributed by atoms with Crippen LogP contribution in [0, 0.1) is 12.8 Å². The van der Waals surface area contributed by atoms with Crippen molar-refractivity contribution in [2.75, 3.05) is 0 Å². The minimum Gasteiger partial charge on any atom is -0.289 e. The monoisotopic (exact) mass is 366 g/mol. The summed E-state index contributed by atoms with van der Waals surface area (Å²) in [7, 11) is 0. The number of rotatable bonds is 2. The largest absolute Gasteiger partial charge is 0.289 e. The number of nitrogens with zero attached hydrogens (tertiary/aromatic N) is 2. The summed E-state index contributed by atoms with van der Waals surface area (Å²) in [6.07, 6.45) is 4.40. The predicted octanol–water partition coefficient (Wildman–Crippen LogP) is 5.78. The molecule has 1 aliphatic carbocycles. The third-order valence-electron chi connectivity index (χ3n) is 5.45. The molecule has 0 radical (unpaired) electrons. The van der Waals surface area contributed by atoms with Gasteiger partial charge in [-0.1, -0.05) is 49.6 Å². The number of halogens is 1. The summed E-state index contributed by atoms with van der Waals surface area (Å²) in [6.45, 7) is 4.28. The van der Waals surface area contributed by atoms with Crippen LogP contribution < -0.4 is 5.56 Å². The van der Waals surface area contributed by atoms with Crippen molar-refractivity contribution in [1.29, 1.82) is 0 Å². The second-order valence-corrected chi connectivity index (χ2v) is 7.94. The van der Waals surface area contributed by atoms with Crippen LogP contribution >= 0.6 is 11.6 Å². The Morgan fingerprint density at radius 2 is 1.96 bits per heavy atom. The van der Waals surface area contributed by atoms with Gasteiger partial charge in [-0.25, -0.2) is 4.98 Å². The Hall–Kier alpha value is -2.13. The molecule has 2 aromatic carbocycles. The van der Waals surface area contributed by atoms with Crippen molar-refractivity contribution in [1.82, 2.24) is 9.55 Å². The van der Waals surface area contributed by atoms with Crippen LogP contribution in [0.1, 0.15) is 44.2 Å². The number of aryl methyl sites for hydroxylation is 1. The highest BCUT2D eigenvalue weighted by Gasteiger charge is 2.26. The fraction of sp³-hybridized carbons (Fsp3) is 0.364. The molecule has 3 nitrogen and oxygen atoms in total. The van der Waals surface area contributed by atoms with Gasteiger partial charge in [-0.05, 0) is 55.5 Å². The molecule has 26 heavy (non-hydrogen) atoms. The lowest BCUT2D eigenvalue weighted by Gasteiger charge is -2.30. The summed E-state index contributed by atoms with van der Waals surface area (Å²) in [5, 5.41) is 1.32. The van der Waals surface area contributed by atoms with Gasteiger partial charge >= 0.3 is 0 Å². The van der Waals surface area contributed by atoms with Gasteiger partial charge in [-0.2, -0.15) is 0 Å². The first-order valence-electron chi connectivity index (χ1n) is 9.32. The molecule has 2 unspecified atom stereocenters. The number of fused-ring (bicyclic) bond motifs is 1. The summed E-state index contributed by atoms with van der Waals surface area (Å²) in [6, 6.07) is 13.7. The molecule has 0 spiro atoms. The maximum absolute atomic E-state index is 13.4. The third-order valence-corrected chi connectivity index (χ3v) is 5.76. The van der Waals surface area contributed by atoms with Gasteiger partial charge in [0.25, 0.3) is 5.56 Å². The van der Waals surface area contributed by atoms with Gasteiger partial charge in [0.15, 0.2) is 0 Å². The van der Waals surface area contributed by atoms with Crippen LogP contribution in [0.2, 0.25) is 5.02 Å². The molecule has 134 valence electrons. The predicted molar refractivity (Wildman–Crippen MR) is 108 cm³/mol. The van der Waals surface area contributed by atoms with Crippen molar-refractivity contribution < 1.29 is 0 Å². The average Bonchev–Trinajstić information content (AvgIpc) is 2.62.